The van der Waals surface area contributed by atoms with Gasteiger partial charge in [-0.3, -0.25) is 0 Å². The fourth-order valence-corrected chi connectivity index (χ4v) is 11.2. The molecule has 64 heavy (non-hydrogen) atoms. The first-order valence-corrected chi connectivity index (χ1v) is 24.4. The second-order valence-corrected chi connectivity index (χ2v) is 22.0. The van der Waals surface area contributed by atoms with Gasteiger partial charge in [0.1, 0.15) is 0 Å². The Bertz CT molecular complexity index is 2800. The van der Waals surface area contributed by atoms with Crippen molar-refractivity contribution in [2.24, 2.45) is 0 Å². The molecule has 1 heteroatoms. The Morgan fingerprint density at radius 1 is 0.453 bits per heavy atom. The molecule has 0 aromatic heterocycles. The lowest BCUT2D eigenvalue weighted by molar-refractivity contribution is 0.443. The van der Waals surface area contributed by atoms with Gasteiger partial charge in [0.05, 0.1) is 5.69 Å². The van der Waals surface area contributed by atoms with Gasteiger partial charge in [-0.15, -0.1) is 0 Å². The lowest BCUT2D eigenvalue weighted by Gasteiger charge is -2.32. The predicted octanol–water partition coefficient (Wildman–Crippen LogP) is 18.0. The molecule has 0 unspecified atom stereocenters. The number of hydrogen-bond donors (Lipinski definition) is 0. The standard InChI is InChI=1S/C63H67N/c1-61(2,3)51-37-50(38-52(40-51)62(4,5)6)47-21-16-20-46(35-47)49-36-48-19-12-13-22-55(48)60(39-49)64(54-33-34-57-56-23-14-15-24-58(56)63(7,8)59(57)41-54)53-31-29-45(30-32-53)44-27-25-43(26-28-44)42-17-10-9-11-18-42/h14-16,20-21,23-42H,9-13,17-19,22H2,1-8H3. The Morgan fingerprint density at radius 3 is 1.72 bits per heavy atom. The zero-order chi connectivity index (χ0) is 44.4. The number of fused-ring (bicyclic) bond motifs is 4. The van der Waals surface area contributed by atoms with Gasteiger partial charge in [-0.1, -0.05) is 184 Å². The maximum Gasteiger partial charge on any atom is 0.0502 e. The summed E-state index contributed by atoms with van der Waals surface area (Å²) in [6.07, 6.45) is 11.4. The molecule has 0 bridgehead atoms. The summed E-state index contributed by atoms with van der Waals surface area (Å²) in [6.45, 7) is 18.8. The zero-order valence-electron chi connectivity index (χ0n) is 39.7. The van der Waals surface area contributed by atoms with E-state index < -0.39 is 0 Å². The van der Waals surface area contributed by atoms with E-state index in [-0.39, 0.29) is 16.2 Å². The molecule has 7 aromatic carbocycles. The summed E-state index contributed by atoms with van der Waals surface area (Å²) in [5.74, 6) is 0.717. The van der Waals surface area contributed by atoms with Crippen LogP contribution in [0.5, 0.6) is 0 Å². The van der Waals surface area contributed by atoms with E-state index in [0.717, 1.165) is 12.8 Å². The van der Waals surface area contributed by atoms with Crippen LogP contribution in [0.25, 0.3) is 44.5 Å². The second-order valence-electron chi connectivity index (χ2n) is 22.0. The van der Waals surface area contributed by atoms with Gasteiger partial charge in [0.25, 0.3) is 0 Å². The number of hydrogen-bond acceptors (Lipinski definition) is 1. The van der Waals surface area contributed by atoms with E-state index in [1.807, 2.05) is 0 Å². The van der Waals surface area contributed by atoms with Gasteiger partial charge >= 0.3 is 0 Å². The first-order chi connectivity index (χ1) is 30.7. The van der Waals surface area contributed by atoms with E-state index in [2.05, 4.69) is 206 Å². The molecule has 0 N–H and O–H groups in total. The van der Waals surface area contributed by atoms with Gasteiger partial charge in [-0.2, -0.15) is 0 Å². The quantitative estimate of drug-likeness (QED) is 0.155. The number of aryl methyl sites for hydroxylation is 1. The Morgan fingerprint density at radius 2 is 1.05 bits per heavy atom. The molecule has 0 heterocycles. The molecule has 0 radical (unpaired) electrons. The molecule has 1 saturated carbocycles. The van der Waals surface area contributed by atoms with Gasteiger partial charge in [0, 0.05) is 16.8 Å². The normalized spacial score (nSPS) is 15.9. The van der Waals surface area contributed by atoms with Crippen LogP contribution in [0.2, 0.25) is 0 Å². The molecule has 3 aliphatic carbocycles. The SMILES string of the molecule is CC(C)(C)c1cc(-c2cccc(-c3cc4c(c(N(c5ccc(-c6ccc(C7CCCCC7)cc6)cc5)c5ccc6c(c5)C(C)(C)c5ccccc5-6)c3)CCCC4)c2)cc(C(C)(C)C)c1. The molecule has 0 saturated heterocycles. The van der Waals surface area contributed by atoms with Crippen molar-refractivity contribution in [3.63, 3.8) is 0 Å². The topological polar surface area (TPSA) is 3.24 Å². The van der Waals surface area contributed by atoms with Gasteiger partial charge < -0.3 is 4.90 Å². The van der Waals surface area contributed by atoms with Crippen molar-refractivity contribution in [2.45, 2.75) is 135 Å². The maximum atomic E-state index is 2.59. The third-order valence-electron chi connectivity index (χ3n) is 15.1. The number of nitrogens with zero attached hydrogens (tertiary/aromatic N) is 1. The highest BCUT2D eigenvalue weighted by Gasteiger charge is 2.36. The summed E-state index contributed by atoms with van der Waals surface area (Å²) in [5, 5.41) is 0. The van der Waals surface area contributed by atoms with Crippen LogP contribution in [-0.2, 0) is 29.1 Å². The summed E-state index contributed by atoms with van der Waals surface area (Å²) in [6, 6.07) is 56.9. The van der Waals surface area contributed by atoms with Crippen molar-refractivity contribution in [3.05, 3.63) is 185 Å². The summed E-state index contributed by atoms with van der Waals surface area (Å²) in [4.78, 5) is 2.59. The summed E-state index contributed by atoms with van der Waals surface area (Å²) in [7, 11) is 0. The lowest BCUT2D eigenvalue weighted by atomic mass is 9.79. The Kier molecular flexibility index (Phi) is 10.8. The molecule has 0 atom stereocenters. The molecule has 3 aliphatic rings. The van der Waals surface area contributed by atoms with Crippen molar-refractivity contribution in [1.29, 1.82) is 0 Å². The van der Waals surface area contributed by atoms with Crippen molar-refractivity contribution in [1.82, 2.24) is 0 Å². The van der Waals surface area contributed by atoms with E-state index in [4.69, 9.17) is 0 Å². The largest absolute Gasteiger partial charge is 0.310 e. The molecule has 10 rings (SSSR count). The second kappa shape index (κ2) is 16.4. The summed E-state index contributed by atoms with van der Waals surface area (Å²) in [5.41, 5.74) is 24.2. The molecule has 1 nitrogen and oxygen atoms in total. The van der Waals surface area contributed by atoms with Crippen LogP contribution >= 0.6 is 0 Å². The van der Waals surface area contributed by atoms with E-state index in [1.165, 1.54) is 145 Å². The molecular weight excluding hydrogens is 771 g/mol. The first kappa shape index (κ1) is 42.3. The summed E-state index contributed by atoms with van der Waals surface area (Å²) < 4.78 is 0. The molecule has 0 spiro atoms. The van der Waals surface area contributed by atoms with Gasteiger partial charge in [0.15, 0.2) is 0 Å². The highest BCUT2D eigenvalue weighted by atomic mass is 15.1. The molecule has 7 aromatic rings. The third-order valence-corrected chi connectivity index (χ3v) is 15.1. The Balaban J connectivity index is 1.10. The average Bonchev–Trinajstić information content (AvgIpc) is 3.54. The monoisotopic (exact) mass is 838 g/mol. The molecule has 324 valence electrons. The smallest absolute Gasteiger partial charge is 0.0502 e. The van der Waals surface area contributed by atoms with E-state index >= 15 is 0 Å². The highest BCUT2D eigenvalue weighted by molar-refractivity contribution is 5.88. The van der Waals surface area contributed by atoms with Crippen molar-refractivity contribution < 1.29 is 0 Å². The van der Waals surface area contributed by atoms with E-state index in [9.17, 15) is 0 Å². The Labute approximate surface area is 384 Å². The lowest BCUT2D eigenvalue weighted by Crippen LogP contribution is -2.18. The summed E-state index contributed by atoms with van der Waals surface area (Å²) >= 11 is 0. The maximum absolute atomic E-state index is 2.59. The van der Waals surface area contributed by atoms with E-state index in [0.29, 0.717) is 5.92 Å². The van der Waals surface area contributed by atoms with Crippen molar-refractivity contribution in [3.8, 4) is 44.5 Å². The molecule has 1 fully saturated rings. The van der Waals surface area contributed by atoms with Gasteiger partial charge in [-0.05, 0) is 175 Å². The fraction of sp³-hybridized carbons (Fsp3) is 0.333. The van der Waals surface area contributed by atoms with Gasteiger partial charge in [-0.25, -0.2) is 0 Å². The third kappa shape index (κ3) is 7.95. The number of benzene rings is 7. The van der Waals surface area contributed by atoms with Crippen molar-refractivity contribution in [2.75, 3.05) is 4.90 Å². The highest BCUT2D eigenvalue weighted by Crippen LogP contribution is 2.52. The Hall–Kier alpha value is -5.66. The molecule has 0 aliphatic heterocycles. The minimum atomic E-state index is -0.0971. The molecule has 0 amide bonds. The average molecular weight is 838 g/mol. The minimum absolute atomic E-state index is 0.0530. The van der Waals surface area contributed by atoms with Gasteiger partial charge in [0.2, 0.25) is 0 Å². The van der Waals surface area contributed by atoms with E-state index in [1.54, 1.807) is 0 Å². The van der Waals surface area contributed by atoms with Crippen LogP contribution in [0.1, 0.15) is 145 Å². The zero-order valence-corrected chi connectivity index (χ0v) is 39.7. The van der Waals surface area contributed by atoms with Crippen LogP contribution in [0.3, 0.4) is 0 Å². The first-order valence-electron chi connectivity index (χ1n) is 24.4. The number of rotatable bonds is 7. The van der Waals surface area contributed by atoms with Crippen LogP contribution in [0.15, 0.2) is 146 Å². The fourth-order valence-electron chi connectivity index (χ4n) is 11.2. The van der Waals surface area contributed by atoms with Crippen LogP contribution in [0.4, 0.5) is 17.1 Å². The van der Waals surface area contributed by atoms with Crippen molar-refractivity contribution >= 4 is 17.1 Å². The minimum Gasteiger partial charge on any atom is -0.310 e. The predicted molar refractivity (Wildman–Crippen MR) is 275 cm³/mol. The van der Waals surface area contributed by atoms with Crippen LogP contribution in [-0.4, -0.2) is 0 Å². The van der Waals surface area contributed by atoms with Crippen LogP contribution < -0.4 is 4.90 Å². The molecular formula is C63H67N. The van der Waals surface area contributed by atoms with Crippen LogP contribution in [0, 0.1) is 0 Å². The number of anilines is 3.